The molecule has 6 atom stereocenters. The summed E-state index contributed by atoms with van der Waals surface area (Å²) in [6.07, 6.45) is -8.04. The van der Waals surface area contributed by atoms with E-state index in [2.05, 4.69) is 9.78 Å². The third-order valence-corrected chi connectivity index (χ3v) is 3.54. The monoisotopic (exact) mass is 354 g/mol. The Hall–Kier alpha value is -1.67. The van der Waals surface area contributed by atoms with Crippen molar-refractivity contribution in [2.45, 2.75) is 49.7 Å². The molecule has 0 spiro atoms. The molecule has 0 amide bonds. The van der Waals surface area contributed by atoms with Crippen LogP contribution in [0.3, 0.4) is 0 Å². The van der Waals surface area contributed by atoms with Gasteiger partial charge in [0.25, 0.3) is 0 Å². The number of Topliss-reactive ketones (excluding diaryl/α,β-unsaturated/α-hetero) is 1. The molecule has 1 aliphatic rings. The van der Waals surface area contributed by atoms with Crippen LogP contribution in [-0.2, 0) is 28.9 Å². The molecular weight excluding hydrogens is 336 g/mol. The van der Waals surface area contributed by atoms with E-state index in [-0.39, 0.29) is 0 Å². The first-order valence-electron chi connectivity index (χ1n) is 6.61. The summed E-state index contributed by atoms with van der Waals surface area (Å²) in [5, 5.41) is 58.6. The molecule has 0 aromatic carbocycles. The number of aliphatic hydroxyl groups excluding tert-OH is 4. The predicted octanol–water partition coefficient (Wildman–Crippen LogP) is -4.51. The standard InChI is InChI=1S/C12H18O12/c1-4(14)9(18)23-24-10(19)11(2,20)12(21)8(17)7(16)6(15)5(3-13)22-12/h5-8,13,15-17,20-21H,3H2,1-2H3/t5-,6-,7+,8-,11?,12?/m1/s1. The number of aliphatic hydroxyl groups is 6. The predicted molar refractivity (Wildman–Crippen MR) is 68.4 cm³/mol. The van der Waals surface area contributed by atoms with Crippen molar-refractivity contribution in [2.75, 3.05) is 6.61 Å². The van der Waals surface area contributed by atoms with Gasteiger partial charge in [0.15, 0.2) is 0 Å². The molecule has 12 heteroatoms. The maximum absolute atomic E-state index is 11.8. The van der Waals surface area contributed by atoms with E-state index in [1.165, 1.54) is 0 Å². The lowest BCUT2D eigenvalue weighted by Gasteiger charge is -2.49. The molecule has 138 valence electrons. The van der Waals surface area contributed by atoms with E-state index in [0.717, 1.165) is 6.92 Å². The van der Waals surface area contributed by atoms with E-state index in [9.17, 15) is 39.9 Å². The summed E-state index contributed by atoms with van der Waals surface area (Å²) in [4.78, 5) is 41.1. The van der Waals surface area contributed by atoms with Crippen molar-refractivity contribution >= 4 is 17.7 Å². The highest BCUT2D eigenvalue weighted by Crippen LogP contribution is 2.37. The van der Waals surface area contributed by atoms with Gasteiger partial charge in [-0.25, -0.2) is 19.4 Å². The summed E-state index contributed by atoms with van der Waals surface area (Å²) < 4.78 is 4.75. The third kappa shape index (κ3) is 3.39. The lowest BCUT2D eigenvalue weighted by Crippen LogP contribution is -2.74. The molecule has 1 aliphatic heterocycles. The molecule has 0 saturated carbocycles. The number of rotatable bonds is 4. The van der Waals surface area contributed by atoms with Crippen LogP contribution in [0.25, 0.3) is 0 Å². The van der Waals surface area contributed by atoms with Crippen LogP contribution in [0.5, 0.6) is 0 Å². The fourth-order valence-corrected chi connectivity index (χ4v) is 1.92. The number of ether oxygens (including phenoxy) is 1. The van der Waals surface area contributed by atoms with Crippen molar-refractivity contribution in [2.24, 2.45) is 0 Å². The molecule has 1 fully saturated rings. The second-order valence-electron chi connectivity index (χ2n) is 5.33. The van der Waals surface area contributed by atoms with Crippen LogP contribution in [0.1, 0.15) is 13.8 Å². The molecule has 1 saturated heterocycles. The van der Waals surface area contributed by atoms with Gasteiger partial charge in [0.1, 0.15) is 24.4 Å². The average Bonchev–Trinajstić information content (AvgIpc) is 2.53. The second-order valence-corrected chi connectivity index (χ2v) is 5.33. The van der Waals surface area contributed by atoms with Gasteiger partial charge in [-0.15, -0.1) is 0 Å². The summed E-state index contributed by atoms with van der Waals surface area (Å²) in [5.41, 5.74) is -3.14. The van der Waals surface area contributed by atoms with Crippen molar-refractivity contribution in [3.05, 3.63) is 0 Å². The topological polar surface area (TPSA) is 200 Å². The van der Waals surface area contributed by atoms with Crippen molar-refractivity contribution in [3.8, 4) is 0 Å². The lowest BCUT2D eigenvalue weighted by molar-refractivity contribution is -0.396. The van der Waals surface area contributed by atoms with E-state index in [4.69, 9.17) is 9.84 Å². The summed E-state index contributed by atoms with van der Waals surface area (Å²) >= 11 is 0. The average molecular weight is 354 g/mol. The van der Waals surface area contributed by atoms with Gasteiger partial charge in [-0.05, 0) is 6.92 Å². The highest BCUT2D eigenvalue weighted by molar-refractivity contribution is 6.32. The quantitative estimate of drug-likeness (QED) is 0.161. The lowest BCUT2D eigenvalue weighted by atomic mass is 9.82. The smallest absolute Gasteiger partial charge is 0.394 e. The van der Waals surface area contributed by atoms with Gasteiger partial charge in [-0.2, -0.15) is 0 Å². The Bertz CT molecular complexity index is 514. The van der Waals surface area contributed by atoms with Crippen LogP contribution < -0.4 is 0 Å². The van der Waals surface area contributed by atoms with Gasteiger partial charge in [-0.3, -0.25) is 4.79 Å². The Balaban J connectivity index is 3.02. The zero-order chi connectivity index (χ0) is 18.9. The van der Waals surface area contributed by atoms with Gasteiger partial charge in [0.05, 0.1) is 6.61 Å². The Morgan fingerprint density at radius 2 is 1.71 bits per heavy atom. The van der Waals surface area contributed by atoms with Gasteiger partial charge in [0, 0.05) is 6.92 Å². The Labute approximate surface area is 134 Å². The van der Waals surface area contributed by atoms with E-state index >= 15 is 0 Å². The largest absolute Gasteiger partial charge is 0.421 e. The van der Waals surface area contributed by atoms with E-state index in [1.807, 2.05) is 0 Å². The number of carbonyl (C=O) groups excluding carboxylic acids is 3. The molecule has 1 heterocycles. The summed E-state index contributed by atoms with van der Waals surface area (Å²) in [6, 6.07) is 0. The second kappa shape index (κ2) is 7.06. The van der Waals surface area contributed by atoms with Gasteiger partial charge < -0.3 is 35.4 Å². The van der Waals surface area contributed by atoms with Crippen LogP contribution in [0.15, 0.2) is 0 Å². The first kappa shape index (κ1) is 20.4. The number of carbonyl (C=O) groups is 3. The van der Waals surface area contributed by atoms with Crippen LogP contribution in [-0.4, -0.2) is 90.8 Å². The van der Waals surface area contributed by atoms with E-state index < -0.39 is 60.1 Å². The Morgan fingerprint density at radius 3 is 2.17 bits per heavy atom. The highest BCUT2D eigenvalue weighted by atomic mass is 17.2. The molecule has 1 rings (SSSR count). The maximum atomic E-state index is 11.8. The van der Waals surface area contributed by atoms with Crippen LogP contribution in [0.2, 0.25) is 0 Å². The zero-order valence-electron chi connectivity index (χ0n) is 12.6. The van der Waals surface area contributed by atoms with E-state index in [0.29, 0.717) is 6.92 Å². The molecule has 6 N–H and O–H groups in total. The van der Waals surface area contributed by atoms with E-state index in [1.54, 1.807) is 0 Å². The first-order valence-corrected chi connectivity index (χ1v) is 6.61. The molecular formula is C12H18O12. The van der Waals surface area contributed by atoms with Gasteiger partial charge >= 0.3 is 11.9 Å². The van der Waals surface area contributed by atoms with Crippen LogP contribution in [0.4, 0.5) is 0 Å². The summed E-state index contributed by atoms with van der Waals surface area (Å²) in [5.74, 6) is -7.83. The Morgan fingerprint density at radius 1 is 1.17 bits per heavy atom. The zero-order valence-corrected chi connectivity index (χ0v) is 12.6. The first-order chi connectivity index (χ1) is 10.9. The molecule has 0 bridgehead atoms. The highest BCUT2D eigenvalue weighted by Gasteiger charge is 2.65. The van der Waals surface area contributed by atoms with Gasteiger partial charge in [0.2, 0.25) is 17.2 Å². The molecule has 2 unspecified atom stereocenters. The minimum absolute atomic E-state index is 0.582. The van der Waals surface area contributed by atoms with Crippen molar-refractivity contribution in [3.63, 3.8) is 0 Å². The van der Waals surface area contributed by atoms with Crippen molar-refractivity contribution < 1.29 is 59.5 Å². The number of hydrogen-bond donors (Lipinski definition) is 6. The van der Waals surface area contributed by atoms with Crippen LogP contribution >= 0.6 is 0 Å². The molecule has 24 heavy (non-hydrogen) atoms. The Kier molecular flexibility index (Phi) is 6.00. The minimum atomic E-state index is -3.25. The fourth-order valence-electron chi connectivity index (χ4n) is 1.92. The minimum Gasteiger partial charge on any atom is -0.394 e. The molecule has 0 aromatic rings. The van der Waals surface area contributed by atoms with Crippen molar-refractivity contribution in [1.82, 2.24) is 0 Å². The van der Waals surface area contributed by atoms with Crippen molar-refractivity contribution in [1.29, 1.82) is 0 Å². The summed E-state index contributed by atoms with van der Waals surface area (Å²) in [7, 11) is 0. The molecule has 12 nitrogen and oxygen atoms in total. The van der Waals surface area contributed by atoms with Gasteiger partial charge in [-0.1, -0.05) is 0 Å². The maximum Gasteiger partial charge on any atom is 0.421 e. The normalized spacial score (nSPS) is 35.7. The van der Waals surface area contributed by atoms with Crippen LogP contribution in [0, 0.1) is 0 Å². The SMILES string of the molecule is CC(=O)C(=O)OOC(=O)C(C)(O)C1(O)O[C@H](CO)[C@@H](O)[C@H](O)[C@H]1O. The molecule has 0 radical (unpaired) electrons. The number of ketones is 1. The summed E-state index contributed by atoms with van der Waals surface area (Å²) in [6.45, 7) is 0.441. The third-order valence-electron chi connectivity index (χ3n) is 3.54. The number of hydrogen-bond acceptors (Lipinski definition) is 12. The fraction of sp³-hybridized carbons (Fsp3) is 0.750. The molecule has 0 aromatic heterocycles. The molecule has 0 aliphatic carbocycles.